The topological polar surface area (TPSA) is 79.0 Å². The van der Waals surface area contributed by atoms with Crippen LogP contribution in [0.2, 0.25) is 0 Å². The number of hydrogen-bond acceptors (Lipinski definition) is 5. The number of amides is 1. The normalized spacial score (nSPS) is 22.7. The lowest BCUT2D eigenvalue weighted by atomic mass is 10.1. The molecule has 0 saturated carbocycles. The molecule has 1 N–H and O–H groups in total. The fourth-order valence-corrected chi connectivity index (χ4v) is 4.81. The first-order valence-electron chi connectivity index (χ1n) is 8.38. The molecule has 1 aromatic carbocycles. The molecule has 2 unspecified atom stereocenters. The van der Waals surface area contributed by atoms with Crippen LogP contribution in [-0.4, -0.2) is 69.0 Å². The molecule has 8 heteroatoms. The van der Waals surface area contributed by atoms with Crippen LogP contribution < -0.4 is 5.32 Å². The van der Waals surface area contributed by atoms with E-state index >= 15 is 0 Å². The molecule has 2 atom stereocenters. The first-order valence-corrected chi connectivity index (χ1v) is 9.82. The van der Waals surface area contributed by atoms with Crippen LogP contribution in [0.1, 0.15) is 20.8 Å². The Labute approximate surface area is 150 Å². The highest BCUT2D eigenvalue weighted by Crippen LogP contribution is 2.24. The van der Waals surface area contributed by atoms with Gasteiger partial charge in [-0.05, 0) is 38.1 Å². The Morgan fingerprint density at radius 3 is 2.24 bits per heavy atom. The summed E-state index contributed by atoms with van der Waals surface area (Å²) >= 11 is 0. The Morgan fingerprint density at radius 1 is 1.20 bits per heavy atom. The summed E-state index contributed by atoms with van der Waals surface area (Å²) < 4.78 is 32.5. The molecule has 0 aromatic heterocycles. The van der Waals surface area contributed by atoms with Crippen LogP contribution in [0.15, 0.2) is 29.2 Å². The Hall–Kier alpha value is -1.48. The second-order valence-electron chi connectivity index (χ2n) is 6.46. The molecule has 2 rings (SSSR count). The lowest BCUT2D eigenvalue weighted by molar-refractivity contribution is -0.114. The van der Waals surface area contributed by atoms with E-state index in [-0.39, 0.29) is 22.9 Å². The first-order chi connectivity index (χ1) is 11.8. The van der Waals surface area contributed by atoms with Gasteiger partial charge >= 0.3 is 0 Å². The van der Waals surface area contributed by atoms with Gasteiger partial charge in [-0.1, -0.05) is 0 Å². The Morgan fingerprint density at radius 2 is 1.76 bits per heavy atom. The maximum absolute atomic E-state index is 12.9. The van der Waals surface area contributed by atoms with E-state index < -0.39 is 10.0 Å². The Balaban J connectivity index is 2.13. The molecule has 0 aliphatic carbocycles. The maximum atomic E-state index is 12.9. The van der Waals surface area contributed by atoms with E-state index in [0.29, 0.717) is 25.4 Å². The fourth-order valence-electron chi connectivity index (χ4n) is 3.20. The molecule has 1 aliphatic heterocycles. The summed E-state index contributed by atoms with van der Waals surface area (Å²) in [4.78, 5) is 13.6. The average molecular weight is 369 g/mol. The summed E-state index contributed by atoms with van der Waals surface area (Å²) in [6, 6.07) is 6.52. The number of piperazine rings is 1. The quantitative estimate of drug-likeness (QED) is 0.819. The Bertz CT molecular complexity index is 678. The van der Waals surface area contributed by atoms with Crippen LogP contribution >= 0.6 is 0 Å². The monoisotopic (exact) mass is 369 g/mol. The van der Waals surface area contributed by atoms with Crippen LogP contribution in [0.25, 0.3) is 0 Å². The van der Waals surface area contributed by atoms with Gasteiger partial charge in [0.15, 0.2) is 0 Å². The van der Waals surface area contributed by atoms with E-state index in [9.17, 15) is 13.2 Å². The van der Waals surface area contributed by atoms with Crippen LogP contribution in [0, 0.1) is 0 Å². The third kappa shape index (κ3) is 4.78. The Kier molecular flexibility index (Phi) is 6.56. The van der Waals surface area contributed by atoms with Crippen LogP contribution in [-0.2, 0) is 19.6 Å². The molecule has 1 saturated heterocycles. The van der Waals surface area contributed by atoms with Crippen molar-refractivity contribution in [2.24, 2.45) is 0 Å². The predicted octanol–water partition coefficient (Wildman–Crippen LogP) is 1.37. The molecule has 1 aromatic rings. The summed E-state index contributed by atoms with van der Waals surface area (Å²) in [5, 5.41) is 2.64. The molecule has 7 nitrogen and oxygen atoms in total. The van der Waals surface area contributed by atoms with Crippen molar-refractivity contribution in [1.29, 1.82) is 0 Å². The molecule has 1 heterocycles. The molecule has 1 aliphatic rings. The van der Waals surface area contributed by atoms with Gasteiger partial charge in [0.05, 0.1) is 11.5 Å². The van der Waals surface area contributed by atoms with E-state index in [2.05, 4.69) is 10.2 Å². The maximum Gasteiger partial charge on any atom is 0.243 e. The van der Waals surface area contributed by atoms with Crippen molar-refractivity contribution in [3.63, 3.8) is 0 Å². The highest BCUT2D eigenvalue weighted by molar-refractivity contribution is 7.89. The fraction of sp³-hybridized carbons (Fsp3) is 0.588. The summed E-state index contributed by atoms with van der Waals surface area (Å²) in [5.41, 5.74) is 0.581. The minimum Gasteiger partial charge on any atom is -0.383 e. The van der Waals surface area contributed by atoms with Gasteiger partial charge in [0.25, 0.3) is 0 Å². The van der Waals surface area contributed by atoms with Gasteiger partial charge < -0.3 is 10.1 Å². The van der Waals surface area contributed by atoms with Crippen molar-refractivity contribution >= 4 is 21.6 Å². The number of sulfonamides is 1. The number of rotatable bonds is 6. The van der Waals surface area contributed by atoms with Gasteiger partial charge in [-0.3, -0.25) is 9.69 Å². The molecule has 1 fully saturated rings. The largest absolute Gasteiger partial charge is 0.383 e. The van der Waals surface area contributed by atoms with Crippen molar-refractivity contribution < 1.29 is 17.9 Å². The number of benzene rings is 1. The molecule has 0 radical (unpaired) electrons. The lowest BCUT2D eigenvalue weighted by Gasteiger charge is -2.43. The second kappa shape index (κ2) is 8.27. The number of ether oxygens (including phenoxy) is 1. The van der Waals surface area contributed by atoms with E-state index in [4.69, 9.17) is 4.74 Å². The SMILES string of the molecule is COCCN1C(C)CN(S(=O)(=O)c2ccc(NC(C)=O)cc2)CC1C. The molecule has 0 bridgehead atoms. The van der Waals surface area contributed by atoms with Crippen molar-refractivity contribution in [3.05, 3.63) is 24.3 Å². The highest BCUT2D eigenvalue weighted by Gasteiger charge is 2.35. The number of anilines is 1. The summed E-state index contributed by atoms with van der Waals surface area (Å²) in [7, 11) is -1.89. The zero-order chi connectivity index (χ0) is 18.6. The van der Waals surface area contributed by atoms with Gasteiger partial charge in [0, 0.05) is 51.4 Å². The standard InChI is InChI=1S/C17H27N3O4S/c1-13-11-19(12-14(2)20(13)9-10-24-4)25(22,23)17-7-5-16(6-8-17)18-15(3)21/h5-8,13-14H,9-12H2,1-4H3,(H,18,21). The van der Waals surface area contributed by atoms with Crippen LogP contribution in [0.3, 0.4) is 0 Å². The predicted molar refractivity (Wildman–Crippen MR) is 97.0 cm³/mol. The van der Waals surface area contributed by atoms with E-state index in [1.807, 2.05) is 13.8 Å². The van der Waals surface area contributed by atoms with Crippen LogP contribution in [0.5, 0.6) is 0 Å². The van der Waals surface area contributed by atoms with Crippen molar-refractivity contribution in [2.45, 2.75) is 37.8 Å². The van der Waals surface area contributed by atoms with Gasteiger partial charge in [-0.15, -0.1) is 0 Å². The number of nitrogens with one attached hydrogen (secondary N) is 1. The van der Waals surface area contributed by atoms with Crippen molar-refractivity contribution in [2.75, 3.05) is 38.7 Å². The molecular formula is C17H27N3O4S. The molecular weight excluding hydrogens is 342 g/mol. The van der Waals surface area contributed by atoms with Gasteiger partial charge in [0.2, 0.25) is 15.9 Å². The molecule has 25 heavy (non-hydrogen) atoms. The van der Waals surface area contributed by atoms with Gasteiger partial charge in [-0.25, -0.2) is 8.42 Å². The zero-order valence-corrected chi connectivity index (χ0v) is 16.0. The zero-order valence-electron chi connectivity index (χ0n) is 15.2. The third-order valence-corrected chi connectivity index (χ3v) is 6.28. The number of carbonyl (C=O) groups excluding carboxylic acids is 1. The summed E-state index contributed by atoms with van der Waals surface area (Å²) in [6.07, 6.45) is 0. The molecule has 1 amide bonds. The molecule has 0 spiro atoms. The van der Waals surface area contributed by atoms with E-state index in [1.165, 1.54) is 19.1 Å². The van der Waals surface area contributed by atoms with E-state index in [1.54, 1.807) is 23.5 Å². The minimum atomic E-state index is -3.55. The van der Waals surface area contributed by atoms with Crippen molar-refractivity contribution in [1.82, 2.24) is 9.21 Å². The minimum absolute atomic E-state index is 0.118. The van der Waals surface area contributed by atoms with Gasteiger partial charge in [-0.2, -0.15) is 4.31 Å². The summed E-state index contributed by atoms with van der Waals surface area (Å²) in [5.74, 6) is -0.189. The van der Waals surface area contributed by atoms with E-state index in [0.717, 1.165) is 6.54 Å². The third-order valence-electron chi connectivity index (χ3n) is 4.43. The van der Waals surface area contributed by atoms with Crippen molar-refractivity contribution in [3.8, 4) is 0 Å². The number of hydrogen-bond donors (Lipinski definition) is 1. The second-order valence-corrected chi connectivity index (χ2v) is 8.39. The number of nitrogens with zero attached hydrogens (tertiary/aromatic N) is 2. The lowest BCUT2D eigenvalue weighted by Crippen LogP contribution is -2.58. The average Bonchev–Trinajstić information content (AvgIpc) is 2.54. The number of methoxy groups -OCH3 is 1. The van der Waals surface area contributed by atoms with Crippen LogP contribution in [0.4, 0.5) is 5.69 Å². The summed E-state index contributed by atoms with van der Waals surface area (Å²) in [6.45, 7) is 7.80. The first kappa shape index (κ1) is 19.8. The smallest absolute Gasteiger partial charge is 0.243 e. The van der Waals surface area contributed by atoms with Gasteiger partial charge in [0.1, 0.15) is 0 Å². The highest BCUT2D eigenvalue weighted by atomic mass is 32.2. The molecule has 140 valence electrons. The number of carbonyl (C=O) groups is 1.